The summed E-state index contributed by atoms with van der Waals surface area (Å²) in [4.78, 5) is 4.68. The van der Waals surface area contributed by atoms with E-state index in [0.29, 0.717) is 0 Å². The molecule has 0 bridgehead atoms. The van der Waals surface area contributed by atoms with E-state index in [1.807, 2.05) is 33.2 Å². The van der Waals surface area contributed by atoms with Gasteiger partial charge >= 0.3 is 0 Å². The number of hydrogen-bond donors (Lipinski definition) is 1. The first kappa shape index (κ1) is 9.89. The lowest BCUT2D eigenvalue weighted by atomic mass is 10.1. The van der Waals surface area contributed by atoms with Crippen LogP contribution in [0.4, 0.5) is 11.5 Å². The maximum Gasteiger partial charge on any atom is 0.165 e. The third kappa shape index (κ3) is 1.63. The zero-order valence-corrected chi connectivity index (χ0v) is 10.7. The van der Waals surface area contributed by atoms with Crippen LogP contribution in [0, 0.1) is 0 Å². The van der Waals surface area contributed by atoms with Crippen molar-refractivity contribution in [2.75, 3.05) is 11.9 Å². The van der Waals surface area contributed by atoms with Gasteiger partial charge in [-0.1, -0.05) is 30.3 Å². The fourth-order valence-electron chi connectivity index (χ4n) is 1.79. The molecule has 3 rings (SSSR count). The number of anilines is 1. The predicted octanol–water partition coefficient (Wildman–Crippen LogP) is 3.23. The van der Waals surface area contributed by atoms with Gasteiger partial charge in [-0.3, -0.25) is 2.78 Å². The van der Waals surface area contributed by atoms with Crippen molar-refractivity contribution in [1.82, 2.24) is 2.78 Å². The largest absolute Gasteiger partial charge is 0.376 e. The van der Waals surface area contributed by atoms with Crippen LogP contribution in [0.2, 0.25) is 0 Å². The van der Waals surface area contributed by atoms with E-state index in [1.165, 1.54) is 5.56 Å². The van der Waals surface area contributed by atoms with Gasteiger partial charge in [-0.25, -0.2) is 4.99 Å². The first-order valence-corrected chi connectivity index (χ1v) is 6.05. The number of rotatable bonds is 1. The second kappa shape index (κ2) is 3.93. The van der Waals surface area contributed by atoms with Crippen molar-refractivity contribution in [2.45, 2.75) is 0 Å². The lowest BCUT2D eigenvalue weighted by molar-refractivity contribution is 1.23. The summed E-state index contributed by atoms with van der Waals surface area (Å²) in [5, 5.41) is 3.38. The molecule has 4 heteroatoms. The van der Waals surface area contributed by atoms with E-state index in [9.17, 15) is 0 Å². The molecule has 0 fully saturated rings. The number of nitrogens with one attached hydrogen (secondary N) is 1. The van der Waals surface area contributed by atoms with Gasteiger partial charge in [-0.2, -0.15) is 0 Å². The molecule has 0 saturated heterocycles. The van der Waals surface area contributed by atoms with E-state index in [4.69, 9.17) is 0 Å². The number of aliphatic imine (C=N–C) groups is 1. The van der Waals surface area contributed by atoms with Gasteiger partial charge in [0.2, 0.25) is 0 Å². The Labute approximate surface area is 108 Å². The van der Waals surface area contributed by atoms with Gasteiger partial charge in [0.15, 0.2) is 5.82 Å². The van der Waals surface area contributed by atoms with Crippen LogP contribution in [0.15, 0.2) is 47.6 Å². The van der Waals surface area contributed by atoms with Crippen molar-refractivity contribution in [3.63, 3.8) is 0 Å². The number of nitrogens with zero attached hydrogens (tertiary/aromatic N) is 2. The summed E-state index contributed by atoms with van der Waals surface area (Å²) >= 11 is 2.24. The van der Waals surface area contributed by atoms with Gasteiger partial charge < -0.3 is 5.32 Å². The summed E-state index contributed by atoms with van der Waals surface area (Å²) < 4.78 is 2.00. The zero-order chi connectivity index (χ0) is 11.0. The topological polar surface area (TPSA) is 29.3 Å². The molecule has 1 aromatic carbocycles. The van der Waals surface area contributed by atoms with Crippen molar-refractivity contribution < 1.29 is 0 Å². The Morgan fingerprint density at radius 1 is 1.19 bits per heavy atom. The summed E-state index contributed by atoms with van der Waals surface area (Å²) in [5.41, 5.74) is 3.37. The van der Waals surface area contributed by atoms with E-state index in [-0.39, 0.29) is 0 Å². The molecular weight excluding hydrogens is 313 g/mol. The molecule has 1 aliphatic rings. The first-order chi connectivity index (χ1) is 7.84. The summed E-state index contributed by atoms with van der Waals surface area (Å²) in [6.07, 6.45) is 2.01. The molecule has 1 aromatic heterocycles. The third-order valence-corrected chi connectivity index (χ3v) is 3.39. The highest BCUT2D eigenvalue weighted by atomic mass is 127. The van der Waals surface area contributed by atoms with Gasteiger partial charge in [0.05, 0.1) is 40.8 Å². The van der Waals surface area contributed by atoms with Crippen LogP contribution < -0.4 is 5.32 Å². The summed E-state index contributed by atoms with van der Waals surface area (Å²) in [7, 11) is 0. The Hall–Kier alpha value is -1.30. The molecule has 0 unspecified atom stereocenters. The summed E-state index contributed by atoms with van der Waals surface area (Å²) in [6.45, 7) is 0.789. The number of aromatic nitrogens is 1. The Bertz CT molecular complexity index is 543. The maximum atomic E-state index is 4.68. The van der Waals surface area contributed by atoms with Crippen molar-refractivity contribution in [3.05, 3.63) is 48.2 Å². The molecule has 80 valence electrons. The minimum Gasteiger partial charge on any atom is -0.376 e. The summed E-state index contributed by atoms with van der Waals surface area (Å²) in [5.74, 6) is 0.991. The van der Waals surface area contributed by atoms with Crippen molar-refractivity contribution >= 4 is 40.1 Å². The van der Waals surface area contributed by atoms with Crippen molar-refractivity contribution in [1.29, 1.82) is 0 Å². The van der Waals surface area contributed by atoms with Gasteiger partial charge in [0, 0.05) is 6.20 Å². The van der Waals surface area contributed by atoms with Gasteiger partial charge in [0.1, 0.15) is 0 Å². The van der Waals surface area contributed by atoms with Crippen LogP contribution in [0.1, 0.15) is 5.56 Å². The number of benzene rings is 1. The fourth-order valence-corrected chi connectivity index (χ4v) is 2.32. The molecule has 0 radical (unpaired) electrons. The molecule has 0 spiro atoms. The molecule has 1 aliphatic heterocycles. The maximum absolute atomic E-state index is 4.68. The molecule has 0 amide bonds. The standard InChI is InChI=1S/C12H10IN3/c13-16-7-6-10-12(16)15-11(8-14-10)9-4-2-1-3-5-9/h1-7,14H,8H2. The van der Waals surface area contributed by atoms with Crippen LogP contribution in [0.3, 0.4) is 0 Å². The molecule has 0 atom stereocenters. The first-order valence-electron chi connectivity index (χ1n) is 5.09. The Kier molecular flexibility index (Phi) is 2.43. The second-order valence-electron chi connectivity index (χ2n) is 3.64. The van der Waals surface area contributed by atoms with Gasteiger partial charge in [0.25, 0.3) is 0 Å². The average molecular weight is 323 g/mol. The SMILES string of the molecule is In1ccc2c1N=C(c1ccccc1)CN2. The lowest BCUT2D eigenvalue weighted by Gasteiger charge is -2.15. The fraction of sp³-hybridized carbons (Fsp3) is 0.0833. The van der Waals surface area contributed by atoms with Crippen LogP contribution >= 0.6 is 22.9 Å². The van der Waals surface area contributed by atoms with Crippen LogP contribution in [0.25, 0.3) is 0 Å². The molecule has 3 nitrogen and oxygen atoms in total. The molecule has 1 N–H and O–H groups in total. The molecular formula is C12H10IN3. The smallest absolute Gasteiger partial charge is 0.165 e. The monoisotopic (exact) mass is 323 g/mol. The van der Waals surface area contributed by atoms with E-state index in [2.05, 4.69) is 45.3 Å². The minimum atomic E-state index is 0.789. The number of fused-ring (bicyclic) bond motifs is 1. The Morgan fingerprint density at radius 3 is 2.81 bits per heavy atom. The zero-order valence-electron chi connectivity index (χ0n) is 8.52. The lowest BCUT2D eigenvalue weighted by Crippen LogP contribution is -2.18. The van der Waals surface area contributed by atoms with Crippen LogP contribution in [-0.4, -0.2) is 15.0 Å². The summed E-state index contributed by atoms with van der Waals surface area (Å²) in [6, 6.07) is 12.3. The number of halogens is 1. The highest BCUT2D eigenvalue weighted by Crippen LogP contribution is 2.31. The Balaban J connectivity index is 2.07. The average Bonchev–Trinajstić information content (AvgIpc) is 2.72. The van der Waals surface area contributed by atoms with Crippen molar-refractivity contribution in [2.24, 2.45) is 4.99 Å². The predicted molar refractivity (Wildman–Crippen MR) is 75.0 cm³/mol. The van der Waals surface area contributed by atoms with Gasteiger partial charge in [-0.05, 0) is 11.6 Å². The van der Waals surface area contributed by atoms with Gasteiger partial charge in [-0.15, -0.1) is 0 Å². The molecule has 2 heterocycles. The van der Waals surface area contributed by atoms with Crippen LogP contribution in [0.5, 0.6) is 0 Å². The Morgan fingerprint density at radius 2 is 2.00 bits per heavy atom. The number of hydrogen-bond acceptors (Lipinski definition) is 2. The van der Waals surface area contributed by atoms with E-state index in [0.717, 1.165) is 23.8 Å². The van der Waals surface area contributed by atoms with E-state index in [1.54, 1.807) is 0 Å². The minimum absolute atomic E-state index is 0.789. The molecule has 0 saturated carbocycles. The van der Waals surface area contributed by atoms with E-state index < -0.39 is 0 Å². The quantitative estimate of drug-likeness (QED) is 0.802. The van der Waals surface area contributed by atoms with Crippen LogP contribution in [-0.2, 0) is 0 Å². The highest BCUT2D eigenvalue weighted by molar-refractivity contribution is 14.1. The molecule has 16 heavy (non-hydrogen) atoms. The van der Waals surface area contributed by atoms with Crippen molar-refractivity contribution in [3.8, 4) is 0 Å². The molecule has 2 aromatic rings. The normalized spacial score (nSPS) is 13.9. The highest BCUT2D eigenvalue weighted by Gasteiger charge is 2.15. The van der Waals surface area contributed by atoms with E-state index >= 15 is 0 Å². The third-order valence-electron chi connectivity index (χ3n) is 2.61. The molecule has 0 aliphatic carbocycles. The second-order valence-corrected chi connectivity index (χ2v) is 4.68.